The molecule has 0 radical (unpaired) electrons. The first-order valence-corrected chi connectivity index (χ1v) is 7.18. The summed E-state index contributed by atoms with van der Waals surface area (Å²) in [6, 6.07) is 0. The highest BCUT2D eigenvalue weighted by Gasteiger charge is 2.31. The van der Waals surface area contributed by atoms with E-state index in [0.717, 1.165) is 17.3 Å². The van der Waals surface area contributed by atoms with Gasteiger partial charge in [0.15, 0.2) is 0 Å². The van der Waals surface area contributed by atoms with E-state index in [4.69, 9.17) is 0 Å². The molecule has 0 unspecified atom stereocenters. The molecule has 15 heavy (non-hydrogen) atoms. The van der Waals surface area contributed by atoms with E-state index in [1.165, 1.54) is 57.8 Å². The summed E-state index contributed by atoms with van der Waals surface area (Å²) < 4.78 is 0. The van der Waals surface area contributed by atoms with Crippen LogP contribution in [0.2, 0.25) is 0 Å². The highest BCUT2D eigenvalue weighted by molar-refractivity contribution is 4.83. The van der Waals surface area contributed by atoms with Crippen molar-refractivity contribution in [3.05, 3.63) is 0 Å². The summed E-state index contributed by atoms with van der Waals surface area (Å²) in [5, 5.41) is 0. The second kappa shape index (κ2) is 4.89. The second-order valence-electron chi connectivity index (χ2n) is 6.70. The van der Waals surface area contributed by atoms with Crippen LogP contribution in [0.5, 0.6) is 0 Å². The maximum Gasteiger partial charge on any atom is -0.0323 e. The van der Waals surface area contributed by atoms with E-state index in [9.17, 15) is 0 Å². The van der Waals surface area contributed by atoms with Gasteiger partial charge in [-0.1, -0.05) is 58.8 Å². The van der Waals surface area contributed by atoms with Gasteiger partial charge in [0.1, 0.15) is 0 Å². The average molecular weight is 208 g/mol. The molecule has 2 fully saturated rings. The molecule has 0 atom stereocenters. The molecule has 2 aliphatic carbocycles. The fourth-order valence-corrected chi connectivity index (χ4v) is 3.84. The maximum atomic E-state index is 2.56. The van der Waals surface area contributed by atoms with E-state index < -0.39 is 0 Å². The number of rotatable bonds is 2. The van der Waals surface area contributed by atoms with Crippen molar-refractivity contribution in [1.29, 1.82) is 0 Å². The standard InChI is InChI=1S/C15H28/c1-13-6-8-14(9-7-13)12-15(2)10-4-3-5-11-15/h13-14H,3-12H2,1-2H3. The Morgan fingerprint density at radius 3 is 2.13 bits per heavy atom. The number of hydrogen-bond donors (Lipinski definition) is 0. The van der Waals surface area contributed by atoms with Crippen LogP contribution in [-0.4, -0.2) is 0 Å². The van der Waals surface area contributed by atoms with Crippen molar-refractivity contribution >= 4 is 0 Å². The third kappa shape index (κ3) is 3.23. The van der Waals surface area contributed by atoms with Gasteiger partial charge in [-0.25, -0.2) is 0 Å². The molecule has 2 aliphatic rings. The molecule has 2 saturated carbocycles. The van der Waals surface area contributed by atoms with Crippen molar-refractivity contribution in [2.45, 2.75) is 78.1 Å². The Balaban J connectivity index is 1.80. The predicted octanol–water partition coefficient (Wildman–Crippen LogP) is 5.17. The molecule has 0 aromatic rings. The molecule has 0 bridgehead atoms. The van der Waals surface area contributed by atoms with Crippen LogP contribution in [0.3, 0.4) is 0 Å². The number of hydrogen-bond acceptors (Lipinski definition) is 0. The van der Waals surface area contributed by atoms with Crippen LogP contribution in [0.25, 0.3) is 0 Å². The Kier molecular flexibility index (Phi) is 3.74. The lowest BCUT2D eigenvalue weighted by Gasteiger charge is -2.38. The zero-order valence-electron chi connectivity index (χ0n) is 10.7. The average Bonchev–Trinajstić information content (AvgIpc) is 2.22. The molecular weight excluding hydrogens is 180 g/mol. The first-order valence-electron chi connectivity index (χ1n) is 7.18. The van der Waals surface area contributed by atoms with E-state index >= 15 is 0 Å². The normalized spacial score (nSPS) is 36.4. The Hall–Kier alpha value is 0. The zero-order valence-corrected chi connectivity index (χ0v) is 10.7. The predicted molar refractivity (Wildman–Crippen MR) is 66.9 cm³/mol. The van der Waals surface area contributed by atoms with Crippen LogP contribution in [0.1, 0.15) is 78.1 Å². The minimum absolute atomic E-state index is 0.726. The van der Waals surface area contributed by atoms with Gasteiger partial charge in [-0.05, 0) is 36.5 Å². The Bertz CT molecular complexity index is 180. The van der Waals surface area contributed by atoms with Gasteiger partial charge < -0.3 is 0 Å². The van der Waals surface area contributed by atoms with Gasteiger partial charge in [0, 0.05) is 0 Å². The summed E-state index contributed by atoms with van der Waals surface area (Å²) in [7, 11) is 0. The van der Waals surface area contributed by atoms with Crippen LogP contribution >= 0.6 is 0 Å². The van der Waals surface area contributed by atoms with Crippen molar-refractivity contribution in [1.82, 2.24) is 0 Å². The van der Waals surface area contributed by atoms with Gasteiger partial charge in [-0.15, -0.1) is 0 Å². The van der Waals surface area contributed by atoms with Gasteiger partial charge >= 0.3 is 0 Å². The minimum Gasteiger partial charge on any atom is -0.0625 e. The van der Waals surface area contributed by atoms with E-state index in [-0.39, 0.29) is 0 Å². The highest BCUT2D eigenvalue weighted by atomic mass is 14.4. The quantitative estimate of drug-likeness (QED) is 0.587. The molecular formula is C15H28. The minimum atomic E-state index is 0.726. The Labute approximate surface area is 95.8 Å². The summed E-state index contributed by atoms with van der Waals surface area (Å²) >= 11 is 0. The van der Waals surface area contributed by atoms with Crippen LogP contribution in [0.15, 0.2) is 0 Å². The lowest BCUT2D eigenvalue weighted by Crippen LogP contribution is -2.25. The van der Waals surface area contributed by atoms with Crippen molar-refractivity contribution in [2.24, 2.45) is 17.3 Å². The van der Waals surface area contributed by atoms with E-state index in [1.54, 1.807) is 6.42 Å². The second-order valence-corrected chi connectivity index (χ2v) is 6.70. The molecule has 0 spiro atoms. The summed E-state index contributed by atoms with van der Waals surface area (Å²) in [5.41, 5.74) is 0.726. The van der Waals surface area contributed by atoms with E-state index in [1.807, 2.05) is 0 Å². The molecule has 0 aliphatic heterocycles. The SMILES string of the molecule is CC1CCC(CC2(C)CCCCC2)CC1. The van der Waals surface area contributed by atoms with Gasteiger partial charge in [-0.3, -0.25) is 0 Å². The fourth-order valence-electron chi connectivity index (χ4n) is 3.84. The van der Waals surface area contributed by atoms with Crippen LogP contribution in [0.4, 0.5) is 0 Å². The van der Waals surface area contributed by atoms with Crippen LogP contribution in [0, 0.1) is 17.3 Å². The van der Waals surface area contributed by atoms with E-state index in [0.29, 0.717) is 0 Å². The zero-order chi connectivity index (χ0) is 10.7. The molecule has 0 aromatic carbocycles. The molecule has 0 aromatic heterocycles. The molecule has 0 heteroatoms. The largest absolute Gasteiger partial charge is 0.0625 e. The van der Waals surface area contributed by atoms with Crippen LogP contribution < -0.4 is 0 Å². The van der Waals surface area contributed by atoms with Crippen molar-refractivity contribution in [2.75, 3.05) is 0 Å². The van der Waals surface area contributed by atoms with Gasteiger partial charge in [-0.2, -0.15) is 0 Å². The molecule has 0 N–H and O–H groups in total. The third-order valence-corrected chi connectivity index (χ3v) is 4.98. The maximum absolute atomic E-state index is 2.56. The molecule has 0 saturated heterocycles. The summed E-state index contributed by atoms with van der Waals surface area (Å²) in [6.45, 7) is 4.99. The first-order chi connectivity index (χ1) is 7.18. The third-order valence-electron chi connectivity index (χ3n) is 4.98. The molecule has 0 heterocycles. The monoisotopic (exact) mass is 208 g/mol. The lowest BCUT2D eigenvalue weighted by atomic mass is 9.67. The fraction of sp³-hybridized carbons (Fsp3) is 1.00. The lowest BCUT2D eigenvalue weighted by molar-refractivity contribution is 0.136. The topological polar surface area (TPSA) is 0 Å². The Morgan fingerprint density at radius 2 is 1.53 bits per heavy atom. The first kappa shape index (κ1) is 11.5. The molecule has 0 nitrogen and oxygen atoms in total. The summed E-state index contributed by atoms with van der Waals surface area (Å²) in [4.78, 5) is 0. The highest BCUT2D eigenvalue weighted by Crippen LogP contribution is 2.44. The van der Waals surface area contributed by atoms with Gasteiger partial charge in [0.05, 0.1) is 0 Å². The van der Waals surface area contributed by atoms with Gasteiger partial charge in [0.25, 0.3) is 0 Å². The van der Waals surface area contributed by atoms with Crippen molar-refractivity contribution in [3.8, 4) is 0 Å². The van der Waals surface area contributed by atoms with Gasteiger partial charge in [0.2, 0.25) is 0 Å². The molecule has 88 valence electrons. The summed E-state index contributed by atoms with van der Waals surface area (Å²) in [5.74, 6) is 2.09. The molecule has 0 amide bonds. The molecule has 2 rings (SSSR count). The summed E-state index contributed by atoms with van der Waals surface area (Å²) in [6.07, 6.45) is 15.1. The van der Waals surface area contributed by atoms with Crippen molar-refractivity contribution in [3.63, 3.8) is 0 Å². The van der Waals surface area contributed by atoms with Crippen molar-refractivity contribution < 1.29 is 0 Å². The Morgan fingerprint density at radius 1 is 0.933 bits per heavy atom. The smallest absolute Gasteiger partial charge is 0.0323 e. The van der Waals surface area contributed by atoms with E-state index in [2.05, 4.69) is 13.8 Å². The van der Waals surface area contributed by atoms with Crippen LogP contribution in [-0.2, 0) is 0 Å².